The second-order valence-electron chi connectivity index (χ2n) is 5.27. The van der Waals surface area contributed by atoms with Crippen molar-refractivity contribution >= 4 is 11.9 Å². The molecule has 114 valence electrons. The Morgan fingerprint density at radius 3 is 2.67 bits per heavy atom. The Kier molecular flexibility index (Phi) is 3.97. The quantitative estimate of drug-likeness (QED) is 0.711. The Hall–Kier alpha value is -2.38. The largest absolute Gasteiger partial charge is 0.481 e. The lowest BCUT2D eigenvalue weighted by Crippen LogP contribution is -2.50. The molecule has 1 aromatic rings. The third-order valence-electron chi connectivity index (χ3n) is 3.99. The van der Waals surface area contributed by atoms with Gasteiger partial charge >= 0.3 is 11.7 Å². The van der Waals surface area contributed by atoms with Crippen LogP contribution in [0.2, 0.25) is 0 Å². The third kappa shape index (κ3) is 2.88. The number of nitrogens with zero attached hydrogens (tertiary/aromatic N) is 1. The van der Waals surface area contributed by atoms with Crippen LogP contribution in [0.5, 0.6) is 0 Å². The molecule has 1 unspecified atom stereocenters. The molecule has 1 aromatic heterocycles. The highest BCUT2D eigenvalue weighted by molar-refractivity contribution is 5.92. The van der Waals surface area contributed by atoms with Crippen LogP contribution in [-0.2, 0) is 4.79 Å². The van der Waals surface area contributed by atoms with Gasteiger partial charge in [0.1, 0.15) is 5.69 Å². The fraction of sp³-hybridized carbons (Fsp3) is 0.538. The number of hydrogen-bond donors (Lipinski definition) is 3. The Labute approximate surface area is 119 Å². The average molecular weight is 295 g/mol. The van der Waals surface area contributed by atoms with Crippen LogP contribution in [0.15, 0.2) is 15.7 Å². The van der Waals surface area contributed by atoms with E-state index in [1.54, 1.807) is 6.92 Å². The van der Waals surface area contributed by atoms with Gasteiger partial charge in [-0.15, -0.1) is 0 Å². The molecule has 0 aliphatic carbocycles. The fourth-order valence-corrected chi connectivity index (χ4v) is 2.67. The molecule has 3 N–H and O–H groups in total. The maximum Gasteiger partial charge on any atom is 0.326 e. The predicted octanol–water partition coefficient (Wildman–Crippen LogP) is -0.220. The standard InChI is InChI=1S/C13H17N3O5/c1-2-13(11(19)20)4-3-5-16(7-13)10(18)8-6-9(17)15-12(21)14-8/h6H,2-5,7H2,1H3,(H,19,20)(H2,14,15,17,21). The number of carbonyl (C=O) groups is 2. The zero-order chi connectivity index (χ0) is 15.6. The van der Waals surface area contributed by atoms with Crippen LogP contribution in [0.3, 0.4) is 0 Å². The molecule has 1 amide bonds. The number of piperidine rings is 1. The van der Waals surface area contributed by atoms with Crippen LogP contribution in [-0.4, -0.2) is 44.9 Å². The molecule has 8 heteroatoms. The van der Waals surface area contributed by atoms with Gasteiger partial charge in [0.25, 0.3) is 11.5 Å². The third-order valence-corrected chi connectivity index (χ3v) is 3.99. The summed E-state index contributed by atoms with van der Waals surface area (Å²) in [7, 11) is 0. The lowest BCUT2D eigenvalue weighted by molar-refractivity contribution is -0.152. The van der Waals surface area contributed by atoms with E-state index in [4.69, 9.17) is 0 Å². The van der Waals surface area contributed by atoms with E-state index in [1.807, 2.05) is 4.98 Å². The van der Waals surface area contributed by atoms with Crippen molar-refractivity contribution in [2.45, 2.75) is 26.2 Å². The van der Waals surface area contributed by atoms with Gasteiger partial charge < -0.3 is 15.0 Å². The lowest BCUT2D eigenvalue weighted by Gasteiger charge is -2.39. The summed E-state index contributed by atoms with van der Waals surface area (Å²) in [4.78, 5) is 51.9. The lowest BCUT2D eigenvalue weighted by atomic mass is 9.77. The molecule has 2 rings (SSSR count). The number of aromatic amines is 2. The second-order valence-corrected chi connectivity index (χ2v) is 5.27. The minimum atomic E-state index is -0.963. The monoisotopic (exact) mass is 295 g/mol. The number of rotatable bonds is 3. The molecule has 0 radical (unpaired) electrons. The van der Waals surface area contributed by atoms with Gasteiger partial charge in [0.15, 0.2) is 0 Å². The van der Waals surface area contributed by atoms with Gasteiger partial charge in [0, 0.05) is 19.2 Å². The molecule has 1 atom stereocenters. The van der Waals surface area contributed by atoms with E-state index in [0.29, 0.717) is 25.8 Å². The summed E-state index contributed by atoms with van der Waals surface area (Å²) in [6.45, 7) is 2.26. The number of likely N-dealkylation sites (tertiary alicyclic amines) is 1. The Morgan fingerprint density at radius 2 is 2.10 bits per heavy atom. The molecular formula is C13H17N3O5. The van der Waals surface area contributed by atoms with E-state index >= 15 is 0 Å². The van der Waals surface area contributed by atoms with Gasteiger partial charge in [-0.2, -0.15) is 0 Å². The van der Waals surface area contributed by atoms with Gasteiger partial charge in [0.2, 0.25) is 0 Å². The number of aliphatic carboxylic acids is 1. The molecule has 0 aromatic carbocycles. The van der Waals surface area contributed by atoms with Gasteiger partial charge in [-0.05, 0) is 19.3 Å². The highest BCUT2D eigenvalue weighted by atomic mass is 16.4. The van der Waals surface area contributed by atoms with Crippen molar-refractivity contribution < 1.29 is 14.7 Å². The number of carbonyl (C=O) groups excluding carboxylic acids is 1. The summed E-state index contributed by atoms with van der Waals surface area (Å²) in [5, 5.41) is 9.40. The van der Waals surface area contributed by atoms with Crippen LogP contribution in [0.25, 0.3) is 0 Å². The summed E-state index contributed by atoms with van der Waals surface area (Å²) in [5.41, 5.74) is -2.52. The maximum atomic E-state index is 12.3. The first kappa shape index (κ1) is 15.0. The molecule has 8 nitrogen and oxygen atoms in total. The number of hydrogen-bond acceptors (Lipinski definition) is 4. The van der Waals surface area contributed by atoms with Crippen molar-refractivity contribution in [3.63, 3.8) is 0 Å². The minimum absolute atomic E-state index is 0.0759. The molecule has 1 aliphatic rings. The summed E-state index contributed by atoms with van der Waals surface area (Å²) in [5.74, 6) is -1.46. The van der Waals surface area contributed by atoms with Crippen LogP contribution in [0.4, 0.5) is 0 Å². The molecule has 0 spiro atoms. The number of nitrogens with one attached hydrogen (secondary N) is 2. The number of carboxylic acid groups (broad SMARTS) is 1. The molecule has 1 aliphatic heterocycles. The summed E-state index contributed by atoms with van der Waals surface area (Å²) < 4.78 is 0. The predicted molar refractivity (Wildman–Crippen MR) is 73.2 cm³/mol. The number of amides is 1. The van der Waals surface area contributed by atoms with E-state index in [1.165, 1.54) is 4.90 Å². The molecule has 0 saturated carbocycles. The van der Waals surface area contributed by atoms with Crippen molar-refractivity contribution in [1.29, 1.82) is 0 Å². The molecule has 0 bridgehead atoms. The Balaban J connectivity index is 2.29. The number of aromatic nitrogens is 2. The van der Waals surface area contributed by atoms with Crippen LogP contribution in [0, 0.1) is 5.41 Å². The highest BCUT2D eigenvalue weighted by Crippen LogP contribution is 2.34. The van der Waals surface area contributed by atoms with E-state index in [-0.39, 0.29) is 12.2 Å². The normalized spacial score (nSPS) is 22.0. The topological polar surface area (TPSA) is 123 Å². The smallest absolute Gasteiger partial charge is 0.326 e. The first-order chi connectivity index (χ1) is 9.88. The van der Waals surface area contributed by atoms with Gasteiger partial charge in [-0.3, -0.25) is 19.4 Å². The second kappa shape index (κ2) is 5.55. The maximum absolute atomic E-state index is 12.3. The van der Waals surface area contributed by atoms with Crippen LogP contribution >= 0.6 is 0 Å². The zero-order valence-electron chi connectivity index (χ0n) is 11.6. The Bertz CT molecular complexity index is 649. The molecule has 21 heavy (non-hydrogen) atoms. The summed E-state index contributed by atoms with van der Waals surface area (Å²) in [6, 6.07) is 1.01. The fourth-order valence-electron chi connectivity index (χ4n) is 2.67. The summed E-state index contributed by atoms with van der Waals surface area (Å²) >= 11 is 0. The SMILES string of the molecule is CCC1(C(=O)O)CCCN(C(=O)c2cc(=O)[nH]c(=O)[nH]2)C1. The zero-order valence-corrected chi connectivity index (χ0v) is 11.6. The average Bonchev–Trinajstić information content (AvgIpc) is 2.45. The van der Waals surface area contributed by atoms with Gasteiger partial charge in [0.05, 0.1) is 5.41 Å². The van der Waals surface area contributed by atoms with E-state index in [2.05, 4.69) is 4.98 Å². The number of H-pyrrole nitrogens is 2. The number of carboxylic acids is 1. The van der Waals surface area contributed by atoms with Crippen molar-refractivity contribution in [1.82, 2.24) is 14.9 Å². The van der Waals surface area contributed by atoms with Gasteiger partial charge in [-0.1, -0.05) is 6.92 Å². The molecule has 2 heterocycles. The van der Waals surface area contributed by atoms with Crippen molar-refractivity contribution in [3.8, 4) is 0 Å². The first-order valence-electron chi connectivity index (χ1n) is 6.74. The minimum Gasteiger partial charge on any atom is -0.481 e. The Morgan fingerprint density at radius 1 is 1.38 bits per heavy atom. The van der Waals surface area contributed by atoms with E-state index < -0.39 is 28.5 Å². The highest BCUT2D eigenvalue weighted by Gasteiger charge is 2.42. The van der Waals surface area contributed by atoms with Crippen molar-refractivity contribution in [2.24, 2.45) is 5.41 Å². The van der Waals surface area contributed by atoms with Crippen molar-refractivity contribution in [3.05, 3.63) is 32.6 Å². The van der Waals surface area contributed by atoms with E-state index in [0.717, 1.165) is 6.07 Å². The van der Waals surface area contributed by atoms with E-state index in [9.17, 15) is 24.3 Å². The van der Waals surface area contributed by atoms with Crippen LogP contribution in [0.1, 0.15) is 36.7 Å². The summed E-state index contributed by atoms with van der Waals surface area (Å²) in [6.07, 6.45) is 1.49. The van der Waals surface area contributed by atoms with Crippen LogP contribution < -0.4 is 11.2 Å². The molecular weight excluding hydrogens is 278 g/mol. The van der Waals surface area contributed by atoms with Gasteiger partial charge in [-0.25, -0.2) is 4.79 Å². The van der Waals surface area contributed by atoms with Crippen molar-refractivity contribution in [2.75, 3.05) is 13.1 Å². The molecule has 1 saturated heterocycles. The molecule has 1 fully saturated rings. The first-order valence-corrected chi connectivity index (χ1v) is 6.74.